The highest BCUT2D eigenvalue weighted by Crippen LogP contribution is 2.25. The quantitative estimate of drug-likeness (QED) is 0.189. The maximum absolute atomic E-state index is 14.5. The molecule has 0 bridgehead atoms. The number of nitrogens with one attached hydrogen (secondary N) is 4. The van der Waals surface area contributed by atoms with Crippen LogP contribution in [0, 0.1) is 24.2 Å². The number of alkyl carbamates (subject to hydrolysis) is 1. The molecule has 2 fully saturated rings. The van der Waals surface area contributed by atoms with Crippen LogP contribution in [0.15, 0.2) is 24.3 Å². The number of fused-ring (bicyclic) bond motifs is 1. The molecule has 0 unspecified atom stereocenters. The predicted molar refractivity (Wildman–Crippen MR) is 225 cm³/mol. The number of terminal acetylenes is 1. The minimum absolute atomic E-state index is 0.0647. The summed E-state index contributed by atoms with van der Waals surface area (Å²) in [7, 11) is 2.90. The van der Waals surface area contributed by atoms with E-state index in [0.717, 1.165) is 0 Å². The molecular weight excluding hydrogens is 789 g/mol. The number of carbonyl (C=O) groups excluding carboxylic acids is 7. The van der Waals surface area contributed by atoms with Crippen LogP contribution in [-0.2, 0) is 44.7 Å². The highest BCUT2D eigenvalue weighted by molar-refractivity contribution is 5.97. The maximum Gasteiger partial charge on any atom is 0.408 e. The smallest absolute Gasteiger partial charge is 0.408 e. The lowest BCUT2D eigenvalue weighted by atomic mass is 9.91. The van der Waals surface area contributed by atoms with E-state index in [0.29, 0.717) is 24.2 Å². The van der Waals surface area contributed by atoms with Gasteiger partial charge in [0.05, 0.1) is 25.7 Å². The summed E-state index contributed by atoms with van der Waals surface area (Å²) in [5, 5.41) is 22.0. The first-order valence-electron chi connectivity index (χ1n) is 20.9. The van der Waals surface area contributed by atoms with Crippen LogP contribution in [0.1, 0.15) is 100.0 Å². The summed E-state index contributed by atoms with van der Waals surface area (Å²) >= 11 is 0. The molecule has 61 heavy (non-hydrogen) atoms. The van der Waals surface area contributed by atoms with Crippen molar-refractivity contribution in [2.45, 2.75) is 154 Å². The second-order valence-corrected chi connectivity index (χ2v) is 17.9. The van der Waals surface area contributed by atoms with Crippen LogP contribution in [0.5, 0.6) is 5.75 Å². The van der Waals surface area contributed by atoms with Crippen LogP contribution < -0.4 is 26.0 Å². The number of amides is 6. The topological polar surface area (TPSA) is 222 Å². The SMILES string of the molecule is C#C[C@H]1OC(=O)[C@H](Cc2ccc(OC)cc2)N(C)C(=O)[C@@H]2CCCN2C(=O)[C@H](CC(C)C)NC(=O)C(C)(C)NC(=O)C[C@H](O)[C@@H]([C@@H](C)CC)NC(=O)[C@H]1NC(=O)OC(C)(C)C. The number of nitrogens with zero attached hydrogens (tertiary/aromatic N) is 2. The molecule has 0 saturated carbocycles. The first-order valence-corrected chi connectivity index (χ1v) is 20.9. The zero-order valence-corrected chi connectivity index (χ0v) is 37.5. The summed E-state index contributed by atoms with van der Waals surface area (Å²) in [6.45, 7) is 15.2. The van der Waals surface area contributed by atoms with Gasteiger partial charge < -0.3 is 50.4 Å². The average molecular weight is 855 g/mol. The Balaban J connectivity index is 2.22. The van der Waals surface area contributed by atoms with E-state index in [9.17, 15) is 38.7 Å². The number of carbonyl (C=O) groups is 7. The van der Waals surface area contributed by atoms with E-state index in [1.807, 2.05) is 13.8 Å². The number of hydrogen-bond donors (Lipinski definition) is 5. The molecule has 338 valence electrons. The zero-order chi connectivity index (χ0) is 46.0. The Kier molecular flexibility index (Phi) is 17.6. The Labute approximate surface area is 359 Å². The van der Waals surface area contributed by atoms with E-state index >= 15 is 0 Å². The normalized spacial score (nSPS) is 26.7. The second kappa shape index (κ2) is 21.4. The number of benzene rings is 1. The molecule has 8 atom stereocenters. The lowest BCUT2D eigenvalue weighted by Gasteiger charge is -2.35. The number of aliphatic hydroxyl groups is 1. The van der Waals surface area contributed by atoms with Gasteiger partial charge in [0, 0.05) is 20.0 Å². The van der Waals surface area contributed by atoms with Gasteiger partial charge in [0.15, 0.2) is 12.1 Å². The first-order chi connectivity index (χ1) is 28.4. The van der Waals surface area contributed by atoms with Gasteiger partial charge in [-0.3, -0.25) is 24.0 Å². The molecule has 1 aromatic rings. The molecule has 17 heteroatoms. The molecule has 0 aliphatic carbocycles. The summed E-state index contributed by atoms with van der Waals surface area (Å²) in [6, 6.07) is 0.399. The Morgan fingerprint density at radius 2 is 1.70 bits per heavy atom. The number of ether oxygens (including phenoxy) is 3. The molecule has 1 aromatic carbocycles. The highest BCUT2D eigenvalue weighted by Gasteiger charge is 2.44. The van der Waals surface area contributed by atoms with Gasteiger partial charge in [-0.05, 0) is 83.4 Å². The van der Waals surface area contributed by atoms with Crippen LogP contribution in [0.25, 0.3) is 0 Å². The number of esters is 1. The van der Waals surface area contributed by atoms with E-state index < -0.39 is 107 Å². The standard InChI is InChI=1S/C44H66N6O11/c1-13-26(5)35-32(51)24-34(52)48-44(9,10)41(57)45-29(22-25(3)4)38(54)50-21-15-16-30(50)39(55)49(11)31(23-27-17-19-28(59-12)20-18-27)40(56)60-33(14-2)36(37(53)46-35)47-42(58)61-43(6,7)8/h2,17-20,25-26,29-33,35-36,51H,13,15-16,21-24H2,1,3-12H3,(H,45,57)(H,46,53)(H,47,58)(H,48,52)/t26-,29-,30-,31-,32-,33+,35+,36-/m0/s1. The van der Waals surface area contributed by atoms with Gasteiger partial charge in [-0.1, -0.05) is 52.2 Å². The molecule has 2 saturated heterocycles. The largest absolute Gasteiger partial charge is 0.497 e. The third kappa shape index (κ3) is 13.8. The number of methoxy groups -OCH3 is 1. The Bertz CT molecular complexity index is 1790. The highest BCUT2D eigenvalue weighted by atomic mass is 16.6. The molecule has 0 aromatic heterocycles. The Morgan fingerprint density at radius 3 is 2.26 bits per heavy atom. The fraction of sp³-hybridized carbons (Fsp3) is 0.659. The lowest BCUT2D eigenvalue weighted by molar-refractivity contribution is -0.160. The van der Waals surface area contributed by atoms with Crippen molar-refractivity contribution in [2.75, 3.05) is 20.7 Å². The van der Waals surface area contributed by atoms with Crippen LogP contribution in [-0.4, -0.2) is 131 Å². The average Bonchev–Trinajstić information content (AvgIpc) is 3.67. The zero-order valence-electron chi connectivity index (χ0n) is 37.5. The van der Waals surface area contributed by atoms with Crippen LogP contribution in [0.4, 0.5) is 4.79 Å². The van der Waals surface area contributed by atoms with Gasteiger partial charge in [0.2, 0.25) is 29.5 Å². The molecule has 17 nitrogen and oxygen atoms in total. The number of rotatable bonds is 8. The second-order valence-electron chi connectivity index (χ2n) is 17.9. The number of likely N-dealkylation sites (N-methyl/N-ethyl adjacent to an activating group) is 1. The fourth-order valence-corrected chi connectivity index (χ4v) is 7.28. The van der Waals surface area contributed by atoms with Crippen molar-refractivity contribution in [3.63, 3.8) is 0 Å². The molecule has 3 rings (SSSR count). The van der Waals surface area contributed by atoms with E-state index in [4.69, 9.17) is 20.6 Å². The van der Waals surface area contributed by atoms with Crippen molar-refractivity contribution in [1.29, 1.82) is 0 Å². The molecule has 6 amide bonds. The van der Waals surface area contributed by atoms with Crippen molar-refractivity contribution in [3.8, 4) is 18.1 Å². The van der Waals surface area contributed by atoms with E-state index in [2.05, 4.69) is 27.2 Å². The van der Waals surface area contributed by atoms with Crippen LogP contribution in [0.3, 0.4) is 0 Å². The lowest BCUT2D eigenvalue weighted by Crippen LogP contribution is -2.61. The number of aliphatic hydroxyl groups excluding tert-OH is 1. The molecule has 5 N–H and O–H groups in total. The third-order valence-corrected chi connectivity index (χ3v) is 10.9. The van der Waals surface area contributed by atoms with Crippen LogP contribution >= 0.6 is 0 Å². The van der Waals surface area contributed by atoms with Gasteiger partial charge in [-0.2, -0.15) is 0 Å². The van der Waals surface area contributed by atoms with Crippen molar-refractivity contribution in [1.82, 2.24) is 31.1 Å². The molecule has 2 aliphatic rings. The summed E-state index contributed by atoms with van der Waals surface area (Å²) in [6.07, 6.45) is 2.28. The predicted octanol–water partition coefficient (Wildman–Crippen LogP) is 2.22. The number of hydrogen-bond acceptors (Lipinski definition) is 11. The molecule has 2 aliphatic heterocycles. The fourth-order valence-electron chi connectivity index (χ4n) is 7.28. The summed E-state index contributed by atoms with van der Waals surface area (Å²) in [5.41, 5.74) is -1.99. The van der Waals surface area contributed by atoms with Crippen molar-refractivity contribution in [3.05, 3.63) is 29.8 Å². The Hall–Kier alpha value is -5.37. The van der Waals surface area contributed by atoms with Gasteiger partial charge >= 0.3 is 12.1 Å². The first kappa shape index (κ1) is 50.0. The summed E-state index contributed by atoms with van der Waals surface area (Å²) < 4.78 is 16.6. The third-order valence-electron chi connectivity index (χ3n) is 10.9. The minimum Gasteiger partial charge on any atom is -0.497 e. The molecule has 0 radical (unpaired) electrons. The molecule has 0 spiro atoms. The van der Waals surface area contributed by atoms with E-state index in [-0.39, 0.29) is 31.7 Å². The maximum atomic E-state index is 14.5. The van der Waals surface area contributed by atoms with Gasteiger partial charge in [-0.25, -0.2) is 9.59 Å². The van der Waals surface area contributed by atoms with Gasteiger partial charge in [-0.15, -0.1) is 6.42 Å². The molecule has 2 heterocycles. The number of cyclic esters (lactones) is 1. The summed E-state index contributed by atoms with van der Waals surface area (Å²) in [4.78, 5) is 101. The molecular formula is C44H66N6O11. The van der Waals surface area contributed by atoms with Crippen molar-refractivity contribution in [2.24, 2.45) is 11.8 Å². The van der Waals surface area contributed by atoms with E-state index in [1.165, 1.54) is 37.8 Å². The van der Waals surface area contributed by atoms with Crippen molar-refractivity contribution < 1.29 is 52.9 Å². The van der Waals surface area contributed by atoms with Gasteiger partial charge in [0.1, 0.15) is 35.0 Å². The van der Waals surface area contributed by atoms with Crippen molar-refractivity contribution >= 4 is 41.6 Å². The van der Waals surface area contributed by atoms with E-state index in [1.54, 1.807) is 58.9 Å². The Morgan fingerprint density at radius 1 is 1.07 bits per heavy atom. The monoisotopic (exact) mass is 854 g/mol. The minimum atomic E-state index is -1.79. The summed E-state index contributed by atoms with van der Waals surface area (Å²) in [5.74, 6) is -2.18. The van der Waals surface area contributed by atoms with Gasteiger partial charge in [0.25, 0.3) is 0 Å². The van der Waals surface area contributed by atoms with Crippen LogP contribution in [0.2, 0.25) is 0 Å².